The van der Waals surface area contributed by atoms with E-state index in [9.17, 15) is 13.5 Å². The van der Waals surface area contributed by atoms with Gasteiger partial charge in [-0.3, -0.25) is 0 Å². The molecule has 10 heteroatoms. The maximum absolute atomic E-state index is 10.6. The lowest BCUT2D eigenvalue weighted by Gasteiger charge is -2.20. The second-order valence-corrected chi connectivity index (χ2v) is 12.5. The lowest BCUT2D eigenvalue weighted by atomic mass is 10.2. The Kier molecular flexibility index (Phi) is 6.18. The molecule has 0 radical (unpaired) electrons. The van der Waals surface area contributed by atoms with E-state index >= 15 is 0 Å². The summed E-state index contributed by atoms with van der Waals surface area (Å²) >= 11 is 3.47. The van der Waals surface area contributed by atoms with Gasteiger partial charge in [0.1, 0.15) is 0 Å². The summed E-state index contributed by atoms with van der Waals surface area (Å²) < 4.78 is 40.6. The van der Waals surface area contributed by atoms with Crippen molar-refractivity contribution in [3.63, 3.8) is 0 Å². The van der Waals surface area contributed by atoms with Gasteiger partial charge in [-0.25, -0.2) is 13.1 Å². The van der Waals surface area contributed by atoms with Gasteiger partial charge in [0.15, 0.2) is 17.3 Å². The zero-order valence-electron chi connectivity index (χ0n) is 13.5. The predicted octanol–water partition coefficient (Wildman–Crippen LogP) is 3.40. The minimum absolute atomic E-state index is 0.116. The molecule has 0 fully saturated rings. The molecule has 24 heavy (non-hydrogen) atoms. The quantitative estimate of drug-likeness (QED) is 0.332. The van der Waals surface area contributed by atoms with E-state index in [4.69, 9.17) is 13.3 Å². The van der Waals surface area contributed by atoms with Crippen LogP contribution in [0, 0.1) is 0 Å². The van der Waals surface area contributed by atoms with E-state index in [-0.39, 0.29) is 28.6 Å². The third-order valence-corrected chi connectivity index (χ3v) is 5.11. The van der Waals surface area contributed by atoms with Crippen molar-refractivity contribution in [1.82, 2.24) is 4.72 Å². The van der Waals surface area contributed by atoms with Gasteiger partial charge >= 0.3 is 0 Å². The predicted molar refractivity (Wildman–Crippen MR) is 96.7 cm³/mol. The molecular weight excluding hydrogens is 418 g/mol. The average Bonchev–Trinajstić information content (AvgIpc) is 3.06. The molecule has 2 rings (SSSR count). The molecule has 2 aromatic rings. The van der Waals surface area contributed by atoms with E-state index in [1.807, 2.05) is 19.6 Å². The van der Waals surface area contributed by atoms with Gasteiger partial charge in [-0.2, -0.15) is 0 Å². The fraction of sp³-hybridized carbons (Fsp3) is 0.429. The summed E-state index contributed by atoms with van der Waals surface area (Å²) in [7, 11) is -4.66. The molecule has 0 aliphatic rings. The molecule has 0 bridgehead atoms. The Bertz CT molecular complexity index is 742. The number of halogens is 1. The van der Waals surface area contributed by atoms with Crippen LogP contribution in [0.1, 0.15) is 17.0 Å². The number of alkyl halides is 1. The molecule has 0 amide bonds. The first kappa shape index (κ1) is 19.1. The molecule has 0 aliphatic heterocycles. The molecule has 1 unspecified atom stereocenters. The summed E-state index contributed by atoms with van der Waals surface area (Å²) in [4.78, 5) is -0.332. The van der Waals surface area contributed by atoms with Crippen LogP contribution in [0.15, 0.2) is 27.2 Å². The Balaban J connectivity index is 2.35. The SMILES string of the molecule is C[Si](C)(C)Oc1c(C(Br)CCN[SH](=O)=O)oc(-c2ccco2)c1O. The van der Waals surface area contributed by atoms with Gasteiger partial charge in [-0.05, 0) is 38.2 Å². The molecule has 134 valence electrons. The molecule has 2 aromatic heterocycles. The molecule has 0 saturated carbocycles. The van der Waals surface area contributed by atoms with Gasteiger partial charge in [0, 0.05) is 6.54 Å². The average molecular weight is 438 g/mol. The molecule has 2 heterocycles. The maximum atomic E-state index is 10.6. The summed E-state index contributed by atoms with van der Waals surface area (Å²) in [5.41, 5.74) is 0. The molecule has 0 saturated heterocycles. The van der Waals surface area contributed by atoms with Crippen molar-refractivity contribution in [2.45, 2.75) is 30.9 Å². The van der Waals surface area contributed by atoms with Crippen LogP contribution in [0.25, 0.3) is 11.5 Å². The number of nitrogens with one attached hydrogen (secondary N) is 1. The Morgan fingerprint density at radius 3 is 2.67 bits per heavy atom. The second-order valence-electron chi connectivity index (χ2n) is 6.09. The zero-order chi connectivity index (χ0) is 17.9. The summed E-state index contributed by atoms with van der Waals surface area (Å²) in [5, 5.41) is 10.5. The molecule has 0 spiro atoms. The third kappa shape index (κ3) is 4.88. The van der Waals surface area contributed by atoms with E-state index < -0.39 is 19.2 Å². The van der Waals surface area contributed by atoms with E-state index in [0.717, 1.165) is 0 Å². The summed E-state index contributed by atoms with van der Waals surface area (Å²) in [6.45, 7) is 6.20. The van der Waals surface area contributed by atoms with Crippen LogP contribution < -0.4 is 9.15 Å². The van der Waals surface area contributed by atoms with Gasteiger partial charge in [0.05, 0.1) is 11.1 Å². The smallest absolute Gasteiger partial charge is 0.242 e. The first-order valence-electron chi connectivity index (χ1n) is 7.29. The van der Waals surface area contributed by atoms with Gasteiger partial charge in [0.25, 0.3) is 0 Å². The van der Waals surface area contributed by atoms with Crippen molar-refractivity contribution in [2.24, 2.45) is 0 Å². The van der Waals surface area contributed by atoms with Crippen molar-refractivity contribution in [3.05, 3.63) is 24.2 Å². The van der Waals surface area contributed by atoms with Crippen LogP contribution >= 0.6 is 15.9 Å². The monoisotopic (exact) mass is 437 g/mol. The van der Waals surface area contributed by atoms with Crippen LogP contribution in [0.3, 0.4) is 0 Å². The van der Waals surface area contributed by atoms with Crippen molar-refractivity contribution < 1.29 is 26.8 Å². The molecule has 7 nitrogen and oxygen atoms in total. The van der Waals surface area contributed by atoms with Crippen molar-refractivity contribution in [3.8, 4) is 23.0 Å². The highest BCUT2D eigenvalue weighted by Crippen LogP contribution is 2.48. The minimum Gasteiger partial charge on any atom is -0.539 e. The van der Waals surface area contributed by atoms with Crippen LogP contribution in [0.4, 0.5) is 0 Å². The van der Waals surface area contributed by atoms with E-state index in [0.29, 0.717) is 17.9 Å². The Labute approximate surface area is 151 Å². The Hall–Kier alpha value is -1.23. The second kappa shape index (κ2) is 7.77. The highest BCUT2D eigenvalue weighted by Gasteiger charge is 2.31. The molecule has 0 aliphatic carbocycles. The van der Waals surface area contributed by atoms with E-state index in [1.165, 1.54) is 6.26 Å². The summed E-state index contributed by atoms with van der Waals surface area (Å²) in [6, 6.07) is 3.36. The normalized spacial score (nSPS) is 13.4. The number of aromatic hydroxyl groups is 1. The standard InChI is InChI=1S/C14H20BrNO6SSi/c1-24(2,3)22-14-11(17)13(10-5-4-8-20-10)21-12(14)9(15)6-7-16-23(18)19/h4-5,8-9,17,23H,6-7H2,1-3H3,(H,16,18,19). The number of furan rings is 2. The third-order valence-electron chi connectivity index (χ3n) is 2.94. The summed E-state index contributed by atoms with van der Waals surface area (Å²) in [6.07, 6.45) is 1.91. The zero-order valence-corrected chi connectivity index (χ0v) is 17.0. The van der Waals surface area contributed by atoms with Gasteiger partial charge < -0.3 is 18.4 Å². The van der Waals surface area contributed by atoms with Crippen LogP contribution in [-0.4, -0.2) is 28.4 Å². The van der Waals surface area contributed by atoms with Gasteiger partial charge in [0.2, 0.25) is 30.7 Å². The van der Waals surface area contributed by atoms with Crippen molar-refractivity contribution in [1.29, 1.82) is 0 Å². The lowest BCUT2D eigenvalue weighted by Crippen LogP contribution is -2.29. The number of hydrogen-bond acceptors (Lipinski definition) is 6. The first-order chi connectivity index (χ1) is 11.2. The minimum atomic E-state index is -2.65. The Morgan fingerprint density at radius 1 is 1.42 bits per heavy atom. The van der Waals surface area contributed by atoms with E-state index in [2.05, 4.69) is 20.7 Å². The Morgan fingerprint density at radius 2 is 2.12 bits per heavy atom. The number of rotatable bonds is 8. The van der Waals surface area contributed by atoms with Gasteiger partial charge in [-0.15, -0.1) is 0 Å². The van der Waals surface area contributed by atoms with Crippen LogP contribution in [-0.2, 0) is 10.9 Å². The van der Waals surface area contributed by atoms with Crippen LogP contribution in [0.5, 0.6) is 11.5 Å². The topological polar surface area (TPSA) is 102 Å². The molecule has 2 N–H and O–H groups in total. The number of thiol groups is 1. The lowest BCUT2D eigenvalue weighted by molar-refractivity contribution is 0.435. The fourth-order valence-electron chi connectivity index (χ4n) is 2.02. The largest absolute Gasteiger partial charge is 0.539 e. The maximum Gasteiger partial charge on any atom is 0.242 e. The van der Waals surface area contributed by atoms with Crippen molar-refractivity contribution in [2.75, 3.05) is 6.54 Å². The summed E-state index contributed by atoms with van der Waals surface area (Å²) in [5.74, 6) is 1.14. The van der Waals surface area contributed by atoms with Crippen molar-refractivity contribution >= 4 is 35.1 Å². The first-order valence-corrected chi connectivity index (χ1v) is 12.8. The molecule has 1 atom stereocenters. The highest BCUT2D eigenvalue weighted by atomic mass is 79.9. The number of hydrogen-bond donors (Lipinski definition) is 3. The van der Waals surface area contributed by atoms with Gasteiger partial charge in [-0.1, -0.05) is 15.9 Å². The fourth-order valence-corrected chi connectivity index (χ4v) is 3.68. The molecule has 0 aromatic carbocycles. The van der Waals surface area contributed by atoms with E-state index in [1.54, 1.807) is 12.1 Å². The highest BCUT2D eigenvalue weighted by molar-refractivity contribution is 9.09. The molecular formula is C14H20BrNO6SSi. The van der Waals surface area contributed by atoms with Crippen LogP contribution in [0.2, 0.25) is 19.6 Å².